The van der Waals surface area contributed by atoms with Crippen molar-refractivity contribution >= 4 is 5.91 Å². The molecule has 0 aliphatic carbocycles. The summed E-state index contributed by atoms with van der Waals surface area (Å²) in [7, 11) is 1.77. The lowest BCUT2D eigenvalue weighted by molar-refractivity contribution is 0.0782. The normalized spacial score (nSPS) is 14.0. The van der Waals surface area contributed by atoms with Gasteiger partial charge in [-0.2, -0.15) is 0 Å². The molecule has 5 nitrogen and oxygen atoms in total. The van der Waals surface area contributed by atoms with Crippen molar-refractivity contribution < 1.29 is 9.32 Å². The van der Waals surface area contributed by atoms with E-state index in [0.29, 0.717) is 12.1 Å². The van der Waals surface area contributed by atoms with Gasteiger partial charge in [0, 0.05) is 38.3 Å². The number of benzene rings is 2. The smallest absolute Gasteiger partial charge is 0.253 e. The Morgan fingerprint density at radius 3 is 2.63 bits per heavy atom. The summed E-state index contributed by atoms with van der Waals surface area (Å²) >= 11 is 0. The summed E-state index contributed by atoms with van der Waals surface area (Å²) in [5.41, 5.74) is 5.54. The van der Waals surface area contributed by atoms with Crippen molar-refractivity contribution in [3.63, 3.8) is 0 Å². The van der Waals surface area contributed by atoms with Crippen LogP contribution in [0.25, 0.3) is 0 Å². The van der Waals surface area contributed by atoms with Gasteiger partial charge in [-0.3, -0.25) is 9.69 Å². The van der Waals surface area contributed by atoms with Gasteiger partial charge in [0.1, 0.15) is 12.0 Å². The predicted octanol–water partition coefficient (Wildman–Crippen LogP) is 3.51. The van der Waals surface area contributed by atoms with Crippen LogP contribution in [-0.2, 0) is 26.1 Å². The molecule has 2 aromatic carbocycles. The fraction of sp³-hybridized carbons (Fsp3) is 0.273. The fourth-order valence-corrected chi connectivity index (χ4v) is 3.55. The highest BCUT2D eigenvalue weighted by molar-refractivity contribution is 5.94. The number of fused-ring (bicyclic) bond motifs is 1. The molecule has 0 spiro atoms. The highest BCUT2D eigenvalue weighted by Gasteiger charge is 2.17. The number of rotatable bonds is 5. The van der Waals surface area contributed by atoms with E-state index in [1.807, 2.05) is 12.1 Å². The van der Waals surface area contributed by atoms with Crippen LogP contribution in [0.3, 0.4) is 0 Å². The Kier molecular flexibility index (Phi) is 5.03. The van der Waals surface area contributed by atoms with Crippen molar-refractivity contribution in [3.05, 3.63) is 88.8 Å². The summed E-state index contributed by atoms with van der Waals surface area (Å²) in [4.78, 5) is 16.7. The molecule has 0 unspecified atom stereocenters. The average Bonchev–Trinajstić information content (AvgIpc) is 3.21. The maximum atomic E-state index is 12.6. The third-order valence-corrected chi connectivity index (χ3v) is 5.05. The van der Waals surface area contributed by atoms with E-state index in [4.69, 9.17) is 4.52 Å². The number of hydrogen-bond donors (Lipinski definition) is 0. The average molecular weight is 361 g/mol. The summed E-state index contributed by atoms with van der Waals surface area (Å²) in [6, 6.07) is 18.4. The Morgan fingerprint density at radius 1 is 1.11 bits per heavy atom. The molecule has 0 radical (unpaired) electrons. The first-order valence-electron chi connectivity index (χ1n) is 9.22. The van der Waals surface area contributed by atoms with Gasteiger partial charge in [-0.25, -0.2) is 0 Å². The van der Waals surface area contributed by atoms with Gasteiger partial charge in [-0.15, -0.1) is 0 Å². The first-order chi connectivity index (χ1) is 13.2. The van der Waals surface area contributed by atoms with E-state index in [0.717, 1.165) is 31.7 Å². The summed E-state index contributed by atoms with van der Waals surface area (Å²) < 4.78 is 4.82. The summed E-state index contributed by atoms with van der Waals surface area (Å²) in [5.74, 6) is -0.0172. The van der Waals surface area contributed by atoms with E-state index in [1.165, 1.54) is 23.0 Å². The highest BCUT2D eigenvalue weighted by atomic mass is 16.5. The molecule has 0 bridgehead atoms. The third-order valence-electron chi connectivity index (χ3n) is 5.05. The number of amides is 1. The Hall–Kier alpha value is -2.92. The molecule has 138 valence electrons. The zero-order valence-corrected chi connectivity index (χ0v) is 15.5. The lowest BCUT2D eigenvalue weighted by Crippen LogP contribution is -2.30. The zero-order chi connectivity index (χ0) is 18.6. The van der Waals surface area contributed by atoms with Crippen molar-refractivity contribution in [2.45, 2.75) is 26.1 Å². The monoisotopic (exact) mass is 361 g/mol. The Morgan fingerprint density at radius 2 is 1.89 bits per heavy atom. The number of nitrogens with zero attached hydrogens (tertiary/aromatic N) is 3. The van der Waals surface area contributed by atoms with Gasteiger partial charge >= 0.3 is 0 Å². The molecule has 1 amide bonds. The quantitative estimate of drug-likeness (QED) is 0.698. The van der Waals surface area contributed by atoms with Gasteiger partial charge in [-0.05, 0) is 35.2 Å². The van der Waals surface area contributed by atoms with Crippen LogP contribution in [0.15, 0.2) is 65.4 Å². The Bertz CT molecular complexity index is 904. The Labute approximate surface area is 159 Å². The van der Waals surface area contributed by atoms with Gasteiger partial charge in [0.05, 0.1) is 6.54 Å². The highest BCUT2D eigenvalue weighted by Crippen LogP contribution is 2.20. The SMILES string of the molecule is CN(Cc1ccon1)C(=O)c1ccc(CN2CCc3ccccc3C2)cc1. The van der Waals surface area contributed by atoms with Crippen LogP contribution in [0.5, 0.6) is 0 Å². The molecular weight excluding hydrogens is 338 g/mol. The van der Waals surface area contributed by atoms with E-state index in [1.54, 1.807) is 18.0 Å². The van der Waals surface area contributed by atoms with Gasteiger partial charge in [0.25, 0.3) is 5.91 Å². The minimum atomic E-state index is -0.0172. The van der Waals surface area contributed by atoms with E-state index >= 15 is 0 Å². The lowest BCUT2D eigenvalue weighted by Gasteiger charge is -2.28. The molecule has 1 aliphatic rings. The Balaban J connectivity index is 1.37. The minimum Gasteiger partial charge on any atom is -0.364 e. The second kappa shape index (κ2) is 7.76. The molecule has 4 rings (SSSR count). The molecule has 2 heterocycles. The van der Waals surface area contributed by atoms with Crippen LogP contribution in [0.1, 0.15) is 32.7 Å². The largest absolute Gasteiger partial charge is 0.364 e. The van der Waals surface area contributed by atoms with Gasteiger partial charge in [-0.1, -0.05) is 41.6 Å². The van der Waals surface area contributed by atoms with E-state index < -0.39 is 0 Å². The minimum absolute atomic E-state index is 0.0172. The second-order valence-electron chi connectivity index (χ2n) is 7.08. The molecule has 0 atom stereocenters. The summed E-state index contributed by atoms with van der Waals surface area (Å²) in [5, 5.41) is 3.85. The standard InChI is InChI=1S/C22H23N3O2/c1-24(16-21-11-13-27-23-21)22(26)19-8-6-17(7-9-19)14-25-12-10-18-4-2-3-5-20(18)15-25/h2-9,11,13H,10,12,14-16H2,1H3. The summed E-state index contributed by atoms with van der Waals surface area (Å²) in [6.45, 7) is 3.39. The molecule has 0 saturated carbocycles. The molecule has 1 aromatic heterocycles. The second-order valence-corrected chi connectivity index (χ2v) is 7.08. The molecule has 0 saturated heterocycles. The van der Waals surface area contributed by atoms with Gasteiger partial charge < -0.3 is 9.42 Å². The van der Waals surface area contributed by atoms with Gasteiger partial charge in [0.2, 0.25) is 0 Å². The van der Waals surface area contributed by atoms with Gasteiger partial charge in [0.15, 0.2) is 0 Å². The van der Waals surface area contributed by atoms with Crippen molar-refractivity contribution in [1.29, 1.82) is 0 Å². The molecule has 27 heavy (non-hydrogen) atoms. The molecule has 5 heteroatoms. The molecule has 0 N–H and O–H groups in total. The lowest BCUT2D eigenvalue weighted by atomic mass is 9.99. The number of hydrogen-bond acceptors (Lipinski definition) is 4. The van der Waals surface area contributed by atoms with Crippen LogP contribution in [0.2, 0.25) is 0 Å². The van der Waals surface area contributed by atoms with Crippen LogP contribution >= 0.6 is 0 Å². The van der Waals surface area contributed by atoms with Crippen molar-refractivity contribution in [2.75, 3.05) is 13.6 Å². The third kappa shape index (κ3) is 4.09. The van der Waals surface area contributed by atoms with Crippen LogP contribution in [0.4, 0.5) is 0 Å². The van der Waals surface area contributed by atoms with E-state index in [9.17, 15) is 4.79 Å². The maximum Gasteiger partial charge on any atom is 0.253 e. The van der Waals surface area contributed by atoms with Crippen LogP contribution in [0, 0.1) is 0 Å². The van der Waals surface area contributed by atoms with E-state index in [2.05, 4.69) is 46.5 Å². The summed E-state index contributed by atoms with van der Waals surface area (Å²) in [6.07, 6.45) is 2.61. The topological polar surface area (TPSA) is 49.6 Å². The number of carbonyl (C=O) groups excluding carboxylic acids is 1. The maximum absolute atomic E-state index is 12.6. The first-order valence-corrected chi connectivity index (χ1v) is 9.22. The number of carbonyl (C=O) groups is 1. The molecule has 3 aromatic rings. The molecular formula is C22H23N3O2. The fourth-order valence-electron chi connectivity index (χ4n) is 3.55. The van der Waals surface area contributed by atoms with Crippen LogP contribution in [-0.4, -0.2) is 34.5 Å². The molecule has 0 fully saturated rings. The predicted molar refractivity (Wildman–Crippen MR) is 103 cm³/mol. The molecule has 1 aliphatic heterocycles. The zero-order valence-electron chi connectivity index (χ0n) is 15.5. The van der Waals surface area contributed by atoms with Crippen molar-refractivity contribution in [2.24, 2.45) is 0 Å². The number of aromatic nitrogens is 1. The van der Waals surface area contributed by atoms with Crippen molar-refractivity contribution in [3.8, 4) is 0 Å². The van der Waals surface area contributed by atoms with E-state index in [-0.39, 0.29) is 5.91 Å². The van der Waals surface area contributed by atoms with Crippen LogP contribution < -0.4 is 0 Å². The first kappa shape index (κ1) is 17.5. The van der Waals surface area contributed by atoms with Crippen molar-refractivity contribution in [1.82, 2.24) is 15.0 Å².